The number of benzene rings is 2. The summed E-state index contributed by atoms with van der Waals surface area (Å²) in [5.41, 5.74) is 0.905. The fourth-order valence-corrected chi connectivity index (χ4v) is 1.98. The molecule has 0 fully saturated rings. The molecule has 2 aromatic rings. The predicted molar refractivity (Wildman–Crippen MR) is 80.7 cm³/mol. The van der Waals surface area contributed by atoms with Crippen molar-refractivity contribution >= 4 is 11.8 Å². The summed E-state index contributed by atoms with van der Waals surface area (Å²) in [6.07, 6.45) is 0. The van der Waals surface area contributed by atoms with Gasteiger partial charge in [-0.2, -0.15) is 0 Å². The zero-order chi connectivity index (χ0) is 16.1. The number of carbonyl (C=O) groups is 2. The normalized spacial score (nSPS) is 9.95. The fourth-order valence-electron chi connectivity index (χ4n) is 1.98. The second-order valence-corrected chi connectivity index (χ2v) is 4.51. The van der Waals surface area contributed by atoms with E-state index in [2.05, 4.69) is 0 Å². The molecule has 0 heterocycles. The number of ketones is 1. The largest absolute Gasteiger partial charge is 0.497 e. The number of ether oxygens (including phenoxy) is 3. The Hall–Kier alpha value is -2.82. The zero-order valence-electron chi connectivity index (χ0n) is 12.6. The molecule has 0 atom stereocenters. The Bertz CT molecular complexity index is 689. The molecule has 0 aliphatic carbocycles. The Labute approximate surface area is 128 Å². The lowest BCUT2D eigenvalue weighted by molar-refractivity contribution is -0.131. The Morgan fingerprint density at radius 2 is 1.50 bits per heavy atom. The highest BCUT2D eigenvalue weighted by molar-refractivity contribution is 6.10. The van der Waals surface area contributed by atoms with Crippen molar-refractivity contribution in [3.8, 4) is 17.2 Å². The number of esters is 1. The first-order valence-electron chi connectivity index (χ1n) is 6.60. The minimum absolute atomic E-state index is 0.186. The lowest BCUT2D eigenvalue weighted by Crippen LogP contribution is -2.05. The average molecular weight is 300 g/mol. The molecule has 5 nitrogen and oxygen atoms in total. The molecular formula is C17H16O5. The number of carbonyl (C=O) groups excluding carboxylic acids is 2. The van der Waals surface area contributed by atoms with Crippen molar-refractivity contribution < 1.29 is 23.8 Å². The second kappa shape index (κ2) is 6.76. The van der Waals surface area contributed by atoms with E-state index in [4.69, 9.17) is 14.2 Å². The molecule has 114 valence electrons. The van der Waals surface area contributed by atoms with Crippen molar-refractivity contribution in [2.24, 2.45) is 0 Å². The summed E-state index contributed by atoms with van der Waals surface area (Å²) < 4.78 is 15.3. The minimum Gasteiger partial charge on any atom is -0.497 e. The molecule has 5 heteroatoms. The van der Waals surface area contributed by atoms with Gasteiger partial charge in [0, 0.05) is 18.6 Å². The van der Waals surface area contributed by atoms with E-state index in [1.165, 1.54) is 14.0 Å². The van der Waals surface area contributed by atoms with Gasteiger partial charge in [0.2, 0.25) is 0 Å². The van der Waals surface area contributed by atoms with Crippen molar-refractivity contribution in [2.75, 3.05) is 14.2 Å². The van der Waals surface area contributed by atoms with Gasteiger partial charge in [0.15, 0.2) is 5.78 Å². The topological polar surface area (TPSA) is 61.8 Å². The summed E-state index contributed by atoms with van der Waals surface area (Å²) in [7, 11) is 3.04. The van der Waals surface area contributed by atoms with Crippen LogP contribution < -0.4 is 14.2 Å². The van der Waals surface area contributed by atoms with Gasteiger partial charge in [-0.05, 0) is 36.4 Å². The molecule has 0 amide bonds. The third kappa shape index (κ3) is 3.44. The maximum Gasteiger partial charge on any atom is 0.308 e. The van der Waals surface area contributed by atoms with Gasteiger partial charge in [0.05, 0.1) is 19.8 Å². The van der Waals surface area contributed by atoms with Crippen LogP contribution in [0, 0.1) is 0 Å². The van der Waals surface area contributed by atoms with Crippen LogP contribution in [0.1, 0.15) is 22.8 Å². The summed E-state index contributed by atoms with van der Waals surface area (Å²) in [6.45, 7) is 1.32. The highest BCUT2D eigenvalue weighted by Crippen LogP contribution is 2.27. The van der Waals surface area contributed by atoms with Gasteiger partial charge in [-0.3, -0.25) is 9.59 Å². The molecule has 22 heavy (non-hydrogen) atoms. The number of rotatable bonds is 5. The summed E-state index contributed by atoms with van der Waals surface area (Å²) >= 11 is 0. The Kier molecular flexibility index (Phi) is 4.78. The van der Waals surface area contributed by atoms with Crippen LogP contribution >= 0.6 is 0 Å². The van der Waals surface area contributed by atoms with Gasteiger partial charge < -0.3 is 14.2 Å². The van der Waals surface area contributed by atoms with E-state index in [1.54, 1.807) is 49.6 Å². The van der Waals surface area contributed by atoms with Gasteiger partial charge >= 0.3 is 5.97 Å². The minimum atomic E-state index is -0.407. The van der Waals surface area contributed by atoms with E-state index in [0.29, 0.717) is 28.4 Å². The Balaban J connectivity index is 2.29. The molecule has 0 bridgehead atoms. The van der Waals surface area contributed by atoms with Crippen molar-refractivity contribution in [1.82, 2.24) is 0 Å². The number of hydrogen-bond acceptors (Lipinski definition) is 5. The summed E-state index contributed by atoms with van der Waals surface area (Å²) in [6, 6.07) is 11.4. The quantitative estimate of drug-likeness (QED) is 0.483. The third-order valence-corrected chi connectivity index (χ3v) is 3.03. The second-order valence-electron chi connectivity index (χ2n) is 4.51. The van der Waals surface area contributed by atoms with Crippen LogP contribution in [0.4, 0.5) is 0 Å². The fraction of sp³-hybridized carbons (Fsp3) is 0.176. The first-order chi connectivity index (χ1) is 10.5. The van der Waals surface area contributed by atoms with Crippen LogP contribution in [0.15, 0.2) is 42.5 Å². The van der Waals surface area contributed by atoms with E-state index in [1.807, 2.05) is 0 Å². The van der Waals surface area contributed by atoms with E-state index in [-0.39, 0.29) is 5.78 Å². The molecule has 0 aromatic heterocycles. The van der Waals surface area contributed by atoms with Gasteiger partial charge in [-0.1, -0.05) is 0 Å². The van der Waals surface area contributed by atoms with E-state index >= 15 is 0 Å². The maximum atomic E-state index is 12.5. The molecule has 0 unspecified atom stereocenters. The third-order valence-electron chi connectivity index (χ3n) is 3.03. The highest BCUT2D eigenvalue weighted by atomic mass is 16.5. The molecule has 2 rings (SSSR count). The molecule has 0 saturated heterocycles. The molecule has 0 N–H and O–H groups in total. The van der Waals surface area contributed by atoms with Crippen LogP contribution in [-0.2, 0) is 4.79 Å². The predicted octanol–water partition coefficient (Wildman–Crippen LogP) is 2.86. The lowest BCUT2D eigenvalue weighted by atomic mass is 10.0. The van der Waals surface area contributed by atoms with Crippen molar-refractivity contribution in [3.05, 3.63) is 53.6 Å². The summed E-state index contributed by atoms with van der Waals surface area (Å²) in [5, 5.41) is 0. The van der Waals surface area contributed by atoms with Crippen molar-refractivity contribution in [1.29, 1.82) is 0 Å². The molecule has 0 radical (unpaired) electrons. The highest BCUT2D eigenvalue weighted by Gasteiger charge is 2.15. The number of hydrogen-bond donors (Lipinski definition) is 0. The van der Waals surface area contributed by atoms with E-state index < -0.39 is 5.97 Å². The van der Waals surface area contributed by atoms with Crippen LogP contribution in [-0.4, -0.2) is 26.0 Å². The van der Waals surface area contributed by atoms with Crippen LogP contribution in [0.3, 0.4) is 0 Å². The van der Waals surface area contributed by atoms with Gasteiger partial charge in [0.25, 0.3) is 0 Å². The Morgan fingerprint density at radius 3 is 2.05 bits per heavy atom. The zero-order valence-corrected chi connectivity index (χ0v) is 12.6. The molecule has 0 aliphatic rings. The first kappa shape index (κ1) is 15.6. The standard InChI is InChI=1S/C17H16O5/c1-11(18)22-13-6-4-12(5-7-13)17(19)15-9-8-14(20-2)10-16(15)21-3/h4-10H,1-3H3. The van der Waals surface area contributed by atoms with Crippen LogP contribution in [0.2, 0.25) is 0 Å². The molecule has 2 aromatic carbocycles. The molecular weight excluding hydrogens is 284 g/mol. The summed E-state index contributed by atoms with van der Waals surface area (Å²) in [4.78, 5) is 23.4. The molecule has 0 spiro atoms. The van der Waals surface area contributed by atoms with Crippen molar-refractivity contribution in [2.45, 2.75) is 6.92 Å². The molecule has 0 aliphatic heterocycles. The average Bonchev–Trinajstić information content (AvgIpc) is 2.53. The number of methoxy groups -OCH3 is 2. The van der Waals surface area contributed by atoms with E-state index in [0.717, 1.165) is 0 Å². The SMILES string of the molecule is COc1ccc(C(=O)c2ccc(OC(C)=O)cc2)c(OC)c1. The molecule has 0 saturated carbocycles. The van der Waals surface area contributed by atoms with Gasteiger partial charge in [-0.25, -0.2) is 0 Å². The van der Waals surface area contributed by atoms with Crippen molar-refractivity contribution in [3.63, 3.8) is 0 Å². The maximum absolute atomic E-state index is 12.5. The lowest BCUT2D eigenvalue weighted by Gasteiger charge is -2.10. The Morgan fingerprint density at radius 1 is 0.864 bits per heavy atom. The van der Waals surface area contributed by atoms with Gasteiger partial charge in [0.1, 0.15) is 17.2 Å². The first-order valence-corrected chi connectivity index (χ1v) is 6.60. The van der Waals surface area contributed by atoms with Crippen LogP contribution in [0.25, 0.3) is 0 Å². The van der Waals surface area contributed by atoms with E-state index in [9.17, 15) is 9.59 Å². The summed E-state index contributed by atoms with van der Waals surface area (Å²) in [5.74, 6) is 0.850. The van der Waals surface area contributed by atoms with Gasteiger partial charge in [-0.15, -0.1) is 0 Å². The monoisotopic (exact) mass is 300 g/mol. The smallest absolute Gasteiger partial charge is 0.308 e. The van der Waals surface area contributed by atoms with Crippen LogP contribution in [0.5, 0.6) is 17.2 Å².